The van der Waals surface area contributed by atoms with Crippen molar-refractivity contribution >= 4 is 5.91 Å². The summed E-state index contributed by atoms with van der Waals surface area (Å²) in [6.07, 6.45) is 2.50. The monoisotopic (exact) mass is 359 g/mol. The van der Waals surface area contributed by atoms with Crippen LogP contribution in [0.2, 0.25) is 0 Å². The van der Waals surface area contributed by atoms with E-state index in [4.69, 9.17) is 8.94 Å². The van der Waals surface area contributed by atoms with Crippen LogP contribution in [0.15, 0.2) is 33.4 Å². The number of piperazine rings is 1. The van der Waals surface area contributed by atoms with Gasteiger partial charge in [-0.25, -0.2) is 0 Å². The summed E-state index contributed by atoms with van der Waals surface area (Å²) in [5.74, 6) is 2.54. The molecule has 142 valence electrons. The highest BCUT2D eigenvalue weighted by atomic mass is 16.5. The lowest BCUT2D eigenvalue weighted by atomic mass is 9.98. The topological polar surface area (TPSA) is 62.7 Å². The predicted octanol–water partition coefficient (Wildman–Crippen LogP) is 3.45. The van der Waals surface area contributed by atoms with E-state index in [0.717, 1.165) is 37.6 Å². The molecule has 1 aliphatic rings. The first-order valence-corrected chi connectivity index (χ1v) is 9.45. The van der Waals surface area contributed by atoms with Crippen LogP contribution >= 0.6 is 0 Å². The molecule has 1 aliphatic heterocycles. The van der Waals surface area contributed by atoms with Crippen LogP contribution in [0.5, 0.6) is 0 Å². The van der Waals surface area contributed by atoms with Crippen molar-refractivity contribution in [3.8, 4) is 0 Å². The number of rotatable bonds is 6. The molecule has 0 radical (unpaired) electrons. The molecule has 0 saturated carbocycles. The highest BCUT2D eigenvalue weighted by Crippen LogP contribution is 2.22. The SMILES string of the molecule is CC(C)Cc1cc(C(=O)N2CCN(Cc3ccco3)C[C@@H]2C(C)C)no1. The molecule has 3 heterocycles. The van der Waals surface area contributed by atoms with Gasteiger partial charge in [0.05, 0.1) is 12.8 Å². The fourth-order valence-corrected chi connectivity index (χ4v) is 3.52. The maximum atomic E-state index is 13.0. The van der Waals surface area contributed by atoms with Gasteiger partial charge in [-0.3, -0.25) is 9.69 Å². The van der Waals surface area contributed by atoms with E-state index in [2.05, 4.69) is 37.8 Å². The number of aromatic nitrogens is 1. The second-order valence-corrected chi connectivity index (χ2v) is 7.90. The van der Waals surface area contributed by atoms with E-state index in [0.29, 0.717) is 24.1 Å². The molecule has 2 aromatic heterocycles. The molecule has 2 aromatic rings. The first-order chi connectivity index (χ1) is 12.4. The molecule has 0 spiro atoms. The molecule has 1 atom stereocenters. The maximum Gasteiger partial charge on any atom is 0.276 e. The fourth-order valence-electron chi connectivity index (χ4n) is 3.52. The zero-order valence-corrected chi connectivity index (χ0v) is 16.1. The number of hydrogen-bond acceptors (Lipinski definition) is 5. The Hall–Kier alpha value is -2.08. The Morgan fingerprint density at radius 1 is 1.27 bits per heavy atom. The molecule has 6 heteroatoms. The summed E-state index contributed by atoms with van der Waals surface area (Å²) in [6, 6.07) is 5.85. The first kappa shape index (κ1) is 18.7. The number of nitrogens with zero attached hydrogens (tertiary/aromatic N) is 3. The van der Waals surface area contributed by atoms with Crippen molar-refractivity contribution in [1.82, 2.24) is 15.0 Å². The summed E-state index contributed by atoms with van der Waals surface area (Å²) < 4.78 is 10.8. The van der Waals surface area contributed by atoms with Crippen LogP contribution in [0.3, 0.4) is 0 Å². The Bertz CT molecular complexity index is 706. The van der Waals surface area contributed by atoms with Gasteiger partial charge in [0.1, 0.15) is 11.5 Å². The van der Waals surface area contributed by atoms with Gasteiger partial charge in [0, 0.05) is 38.2 Å². The fraction of sp³-hybridized carbons (Fsp3) is 0.600. The van der Waals surface area contributed by atoms with Crippen molar-refractivity contribution in [3.63, 3.8) is 0 Å². The van der Waals surface area contributed by atoms with Crippen LogP contribution in [-0.4, -0.2) is 46.5 Å². The lowest BCUT2D eigenvalue weighted by Gasteiger charge is -2.42. The van der Waals surface area contributed by atoms with Crippen molar-refractivity contribution in [3.05, 3.63) is 41.7 Å². The molecule has 0 aliphatic carbocycles. The molecular formula is C20H29N3O3. The van der Waals surface area contributed by atoms with Crippen LogP contribution in [0.25, 0.3) is 0 Å². The Morgan fingerprint density at radius 2 is 2.08 bits per heavy atom. The van der Waals surface area contributed by atoms with Gasteiger partial charge in [0.25, 0.3) is 5.91 Å². The maximum absolute atomic E-state index is 13.0. The van der Waals surface area contributed by atoms with E-state index in [9.17, 15) is 4.79 Å². The summed E-state index contributed by atoms with van der Waals surface area (Å²) in [7, 11) is 0. The third-order valence-electron chi connectivity index (χ3n) is 4.88. The lowest BCUT2D eigenvalue weighted by molar-refractivity contribution is 0.0306. The van der Waals surface area contributed by atoms with Gasteiger partial charge in [-0.15, -0.1) is 0 Å². The molecule has 1 saturated heterocycles. The number of furan rings is 1. The highest BCUT2D eigenvalue weighted by molar-refractivity contribution is 5.92. The van der Waals surface area contributed by atoms with Crippen LogP contribution < -0.4 is 0 Å². The number of carbonyl (C=O) groups is 1. The number of hydrogen-bond donors (Lipinski definition) is 0. The van der Waals surface area contributed by atoms with E-state index in [1.54, 1.807) is 12.3 Å². The third kappa shape index (κ3) is 4.36. The van der Waals surface area contributed by atoms with Gasteiger partial charge in [-0.2, -0.15) is 0 Å². The summed E-state index contributed by atoms with van der Waals surface area (Å²) >= 11 is 0. The predicted molar refractivity (Wildman–Crippen MR) is 98.7 cm³/mol. The Labute approximate surface area is 155 Å². The van der Waals surface area contributed by atoms with Crippen molar-refractivity contribution in [2.45, 2.75) is 46.7 Å². The van der Waals surface area contributed by atoms with Gasteiger partial charge in [-0.05, 0) is 24.0 Å². The number of amides is 1. The van der Waals surface area contributed by atoms with E-state index in [1.165, 1.54) is 0 Å². The largest absolute Gasteiger partial charge is 0.468 e. The normalized spacial score (nSPS) is 18.8. The second-order valence-electron chi connectivity index (χ2n) is 7.90. The van der Waals surface area contributed by atoms with E-state index in [-0.39, 0.29) is 11.9 Å². The summed E-state index contributed by atoms with van der Waals surface area (Å²) in [5.41, 5.74) is 0.422. The summed E-state index contributed by atoms with van der Waals surface area (Å²) in [5, 5.41) is 4.02. The molecule has 1 amide bonds. The Balaban J connectivity index is 1.68. The molecule has 0 unspecified atom stereocenters. The van der Waals surface area contributed by atoms with Crippen LogP contribution in [0.1, 0.15) is 49.7 Å². The van der Waals surface area contributed by atoms with Gasteiger partial charge >= 0.3 is 0 Å². The van der Waals surface area contributed by atoms with E-state index < -0.39 is 0 Å². The Morgan fingerprint density at radius 3 is 2.73 bits per heavy atom. The van der Waals surface area contributed by atoms with Crippen molar-refractivity contribution in [1.29, 1.82) is 0 Å². The second kappa shape index (κ2) is 8.08. The smallest absolute Gasteiger partial charge is 0.276 e. The van der Waals surface area contributed by atoms with Crippen LogP contribution in [-0.2, 0) is 13.0 Å². The molecular weight excluding hydrogens is 330 g/mol. The van der Waals surface area contributed by atoms with Gasteiger partial charge in [0.2, 0.25) is 0 Å². The zero-order chi connectivity index (χ0) is 18.7. The van der Waals surface area contributed by atoms with Gasteiger partial charge in [0.15, 0.2) is 5.69 Å². The standard InChI is InChI=1S/C20H29N3O3/c1-14(2)10-17-11-18(21-26-17)20(24)23-8-7-22(13-19(23)15(3)4)12-16-6-5-9-25-16/h5-6,9,11,14-15,19H,7-8,10,12-13H2,1-4H3/t19-/m1/s1. The minimum absolute atomic E-state index is 0.0277. The highest BCUT2D eigenvalue weighted by Gasteiger charge is 2.34. The quantitative estimate of drug-likeness (QED) is 0.790. The van der Waals surface area contributed by atoms with Gasteiger partial charge in [-0.1, -0.05) is 32.9 Å². The molecule has 0 N–H and O–H groups in total. The first-order valence-electron chi connectivity index (χ1n) is 9.45. The molecule has 0 bridgehead atoms. The Kier molecular flexibility index (Phi) is 5.81. The van der Waals surface area contributed by atoms with Crippen molar-refractivity contribution in [2.24, 2.45) is 11.8 Å². The number of carbonyl (C=O) groups excluding carboxylic acids is 1. The van der Waals surface area contributed by atoms with E-state index >= 15 is 0 Å². The molecule has 26 heavy (non-hydrogen) atoms. The minimum Gasteiger partial charge on any atom is -0.468 e. The summed E-state index contributed by atoms with van der Waals surface area (Å²) in [6.45, 7) is 11.7. The average molecular weight is 359 g/mol. The van der Waals surface area contributed by atoms with Crippen molar-refractivity contribution in [2.75, 3.05) is 19.6 Å². The van der Waals surface area contributed by atoms with Crippen LogP contribution in [0, 0.1) is 11.8 Å². The lowest BCUT2D eigenvalue weighted by Crippen LogP contribution is -2.56. The van der Waals surface area contributed by atoms with Crippen LogP contribution in [0.4, 0.5) is 0 Å². The van der Waals surface area contributed by atoms with Gasteiger partial charge < -0.3 is 13.8 Å². The minimum atomic E-state index is -0.0277. The van der Waals surface area contributed by atoms with Crippen molar-refractivity contribution < 1.29 is 13.7 Å². The summed E-state index contributed by atoms with van der Waals surface area (Å²) in [4.78, 5) is 17.3. The molecule has 0 aromatic carbocycles. The molecule has 3 rings (SSSR count). The zero-order valence-electron chi connectivity index (χ0n) is 16.1. The third-order valence-corrected chi connectivity index (χ3v) is 4.88. The van der Waals surface area contributed by atoms with E-state index in [1.807, 2.05) is 17.0 Å². The average Bonchev–Trinajstić information content (AvgIpc) is 3.25. The molecule has 6 nitrogen and oxygen atoms in total. The molecule has 1 fully saturated rings.